The maximum atomic E-state index is 12.1. The quantitative estimate of drug-likeness (QED) is 0.806. The van der Waals surface area contributed by atoms with Crippen LogP contribution >= 0.6 is 11.6 Å². The SMILES string of the molecule is O=C1/C(=C/c2ccc(Cl)cc2)Oc2c(O)cccc21. The number of para-hydroxylation sites is 1. The molecule has 0 radical (unpaired) electrons. The van der Waals surface area contributed by atoms with Crippen molar-refractivity contribution in [3.8, 4) is 11.5 Å². The molecule has 4 heteroatoms. The molecule has 0 saturated carbocycles. The van der Waals surface area contributed by atoms with Crippen molar-refractivity contribution in [1.82, 2.24) is 0 Å². The van der Waals surface area contributed by atoms with Gasteiger partial charge in [0.2, 0.25) is 5.78 Å². The van der Waals surface area contributed by atoms with Crippen molar-refractivity contribution in [2.45, 2.75) is 0 Å². The van der Waals surface area contributed by atoms with Crippen LogP contribution in [0.5, 0.6) is 11.5 Å². The minimum atomic E-state index is -0.235. The molecule has 19 heavy (non-hydrogen) atoms. The zero-order valence-corrected chi connectivity index (χ0v) is 10.5. The standard InChI is InChI=1S/C15H9ClO3/c16-10-6-4-9(5-7-10)8-13-14(18)11-2-1-3-12(17)15(11)19-13/h1-8,17H/b13-8-. The van der Waals surface area contributed by atoms with E-state index >= 15 is 0 Å². The van der Waals surface area contributed by atoms with Crippen LogP contribution in [-0.4, -0.2) is 10.9 Å². The Morgan fingerprint density at radius 1 is 1.11 bits per heavy atom. The van der Waals surface area contributed by atoms with Crippen LogP contribution in [0.1, 0.15) is 15.9 Å². The maximum absolute atomic E-state index is 12.1. The molecule has 0 unspecified atom stereocenters. The van der Waals surface area contributed by atoms with E-state index in [0.717, 1.165) is 5.56 Å². The third-order valence-electron chi connectivity index (χ3n) is 2.84. The summed E-state index contributed by atoms with van der Waals surface area (Å²) in [6.45, 7) is 0. The molecule has 0 atom stereocenters. The number of ketones is 1. The molecule has 1 aliphatic rings. The number of ether oxygens (including phenoxy) is 1. The van der Waals surface area contributed by atoms with Crippen molar-refractivity contribution in [3.05, 3.63) is 64.4 Å². The van der Waals surface area contributed by atoms with Gasteiger partial charge in [-0.3, -0.25) is 4.79 Å². The highest BCUT2D eigenvalue weighted by Gasteiger charge is 2.29. The molecule has 0 bridgehead atoms. The van der Waals surface area contributed by atoms with Crippen molar-refractivity contribution in [2.75, 3.05) is 0 Å². The van der Waals surface area contributed by atoms with Gasteiger partial charge in [-0.05, 0) is 35.9 Å². The molecule has 94 valence electrons. The number of benzene rings is 2. The lowest BCUT2D eigenvalue weighted by atomic mass is 10.1. The number of fused-ring (bicyclic) bond motifs is 1. The second-order valence-electron chi connectivity index (χ2n) is 4.15. The second kappa shape index (κ2) is 4.44. The summed E-state index contributed by atoms with van der Waals surface area (Å²) >= 11 is 5.80. The topological polar surface area (TPSA) is 46.5 Å². The molecule has 0 spiro atoms. The number of aromatic hydroxyl groups is 1. The Hall–Kier alpha value is -2.26. The van der Waals surface area contributed by atoms with Crippen LogP contribution in [0.15, 0.2) is 48.2 Å². The number of phenols is 1. The summed E-state index contributed by atoms with van der Waals surface area (Å²) < 4.78 is 5.41. The fraction of sp³-hybridized carbons (Fsp3) is 0. The third kappa shape index (κ3) is 2.09. The highest BCUT2D eigenvalue weighted by molar-refractivity contribution is 6.30. The number of rotatable bonds is 1. The zero-order valence-electron chi connectivity index (χ0n) is 9.76. The van der Waals surface area contributed by atoms with Crippen LogP contribution in [0, 0.1) is 0 Å². The number of hydrogen-bond donors (Lipinski definition) is 1. The van der Waals surface area contributed by atoms with Gasteiger partial charge in [0.05, 0.1) is 5.56 Å². The number of allylic oxidation sites excluding steroid dienone is 1. The third-order valence-corrected chi connectivity index (χ3v) is 3.09. The van der Waals surface area contributed by atoms with Gasteiger partial charge in [-0.15, -0.1) is 0 Å². The van der Waals surface area contributed by atoms with Crippen molar-refractivity contribution in [1.29, 1.82) is 0 Å². The average molecular weight is 273 g/mol. The number of carbonyl (C=O) groups excluding carboxylic acids is 1. The van der Waals surface area contributed by atoms with Gasteiger partial charge in [-0.1, -0.05) is 29.8 Å². The summed E-state index contributed by atoms with van der Waals surface area (Å²) in [7, 11) is 0. The smallest absolute Gasteiger partial charge is 0.232 e. The molecule has 0 amide bonds. The molecule has 1 aliphatic heterocycles. The Morgan fingerprint density at radius 2 is 1.84 bits per heavy atom. The van der Waals surface area contributed by atoms with E-state index in [9.17, 15) is 9.90 Å². The average Bonchev–Trinajstić information content (AvgIpc) is 2.72. The van der Waals surface area contributed by atoms with E-state index in [4.69, 9.17) is 16.3 Å². The molecule has 0 fully saturated rings. The molecule has 1 heterocycles. The van der Waals surface area contributed by atoms with Gasteiger partial charge in [-0.2, -0.15) is 0 Å². The molecule has 0 aromatic heterocycles. The lowest BCUT2D eigenvalue weighted by molar-refractivity contribution is 0.101. The highest BCUT2D eigenvalue weighted by atomic mass is 35.5. The normalized spacial score (nSPS) is 15.4. The summed E-state index contributed by atoms with van der Waals surface area (Å²) in [6, 6.07) is 11.8. The molecule has 2 aromatic rings. The minimum Gasteiger partial charge on any atom is -0.504 e. The van der Waals surface area contributed by atoms with Gasteiger partial charge in [0.1, 0.15) is 0 Å². The number of hydrogen-bond acceptors (Lipinski definition) is 3. The fourth-order valence-electron chi connectivity index (χ4n) is 1.91. The van der Waals surface area contributed by atoms with Crippen LogP contribution in [0.2, 0.25) is 5.02 Å². The second-order valence-corrected chi connectivity index (χ2v) is 4.58. The number of Topliss-reactive ketones (excluding diaryl/α,β-unsaturated/α-hetero) is 1. The largest absolute Gasteiger partial charge is 0.504 e. The summed E-state index contributed by atoms with van der Waals surface area (Å²) in [4.78, 5) is 12.1. The number of halogens is 1. The predicted octanol–water partition coefficient (Wildman–Crippen LogP) is 3.66. The van der Waals surface area contributed by atoms with Crippen LogP contribution < -0.4 is 4.74 Å². The van der Waals surface area contributed by atoms with E-state index in [1.165, 1.54) is 6.07 Å². The number of carbonyl (C=O) groups is 1. The molecular weight excluding hydrogens is 264 g/mol. The Labute approximate surface area is 114 Å². The van der Waals surface area contributed by atoms with Gasteiger partial charge in [-0.25, -0.2) is 0 Å². The van der Waals surface area contributed by atoms with E-state index in [2.05, 4.69) is 0 Å². The fourth-order valence-corrected chi connectivity index (χ4v) is 2.03. The van der Waals surface area contributed by atoms with Crippen LogP contribution in [-0.2, 0) is 0 Å². The first-order valence-corrected chi connectivity index (χ1v) is 6.05. The Morgan fingerprint density at radius 3 is 2.53 bits per heavy atom. The molecule has 3 rings (SSSR count). The summed E-state index contributed by atoms with van der Waals surface area (Å²) in [6.07, 6.45) is 1.62. The van der Waals surface area contributed by atoms with E-state index < -0.39 is 0 Å². The first kappa shape index (κ1) is 11.8. The van der Waals surface area contributed by atoms with E-state index in [-0.39, 0.29) is 23.0 Å². The Balaban J connectivity index is 2.00. The van der Waals surface area contributed by atoms with Crippen molar-refractivity contribution < 1.29 is 14.6 Å². The molecule has 0 saturated heterocycles. The minimum absolute atomic E-state index is 0.0367. The first-order valence-electron chi connectivity index (χ1n) is 5.67. The molecule has 1 N–H and O–H groups in total. The lowest BCUT2D eigenvalue weighted by Gasteiger charge is -2.00. The van der Waals surface area contributed by atoms with Gasteiger partial charge in [0.25, 0.3) is 0 Å². The highest BCUT2D eigenvalue weighted by Crippen LogP contribution is 2.38. The van der Waals surface area contributed by atoms with Crippen molar-refractivity contribution in [3.63, 3.8) is 0 Å². The zero-order chi connectivity index (χ0) is 13.4. The summed E-state index contributed by atoms with van der Waals surface area (Å²) in [5, 5.41) is 10.3. The van der Waals surface area contributed by atoms with Crippen molar-refractivity contribution in [2.24, 2.45) is 0 Å². The molecular formula is C15H9ClO3. The van der Waals surface area contributed by atoms with Crippen LogP contribution in [0.4, 0.5) is 0 Å². The van der Waals surface area contributed by atoms with Gasteiger partial charge < -0.3 is 9.84 Å². The first-order chi connectivity index (χ1) is 9.15. The summed E-state index contributed by atoms with van der Waals surface area (Å²) in [5.74, 6) is 0.137. The maximum Gasteiger partial charge on any atom is 0.232 e. The Bertz CT molecular complexity index is 687. The van der Waals surface area contributed by atoms with Gasteiger partial charge >= 0.3 is 0 Å². The Kier molecular flexibility index (Phi) is 2.76. The summed E-state index contributed by atoms with van der Waals surface area (Å²) in [5.41, 5.74) is 1.18. The monoisotopic (exact) mass is 272 g/mol. The van der Waals surface area contributed by atoms with E-state index in [1.807, 2.05) is 0 Å². The molecule has 3 nitrogen and oxygen atoms in total. The van der Waals surface area contributed by atoms with Gasteiger partial charge in [0, 0.05) is 5.02 Å². The predicted molar refractivity (Wildman–Crippen MR) is 72.5 cm³/mol. The van der Waals surface area contributed by atoms with E-state index in [1.54, 1.807) is 42.5 Å². The van der Waals surface area contributed by atoms with Crippen LogP contribution in [0.25, 0.3) is 6.08 Å². The van der Waals surface area contributed by atoms with Gasteiger partial charge in [0.15, 0.2) is 17.3 Å². The molecule has 0 aliphatic carbocycles. The van der Waals surface area contributed by atoms with Crippen molar-refractivity contribution >= 4 is 23.5 Å². The number of phenolic OH excluding ortho intramolecular Hbond substituents is 1. The lowest BCUT2D eigenvalue weighted by Crippen LogP contribution is -1.97. The van der Waals surface area contributed by atoms with Crippen LogP contribution in [0.3, 0.4) is 0 Å². The van der Waals surface area contributed by atoms with E-state index in [0.29, 0.717) is 10.6 Å². The molecule has 2 aromatic carbocycles.